The molecule has 6 nitrogen and oxygen atoms in total. The number of nitrogen functional groups attached to an aromatic ring is 1. The molecule has 19 heavy (non-hydrogen) atoms. The summed E-state index contributed by atoms with van der Waals surface area (Å²) in [4.78, 5) is 14.9. The molecule has 0 aliphatic heterocycles. The molecule has 0 saturated heterocycles. The van der Waals surface area contributed by atoms with E-state index >= 15 is 0 Å². The van der Waals surface area contributed by atoms with Gasteiger partial charge in [-0.15, -0.1) is 0 Å². The van der Waals surface area contributed by atoms with Gasteiger partial charge in [-0.1, -0.05) is 12.1 Å². The summed E-state index contributed by atoms with van der Waals surface area (Å²) < 4.78 is 5.40. The Morgan fingerprint density at radius 2 is 2.00 bits per heavy atom. The number of nitrogens with two attached hydrogens (primary N) is 1. The topological polar surface area (TPSA) is 106 Å². The van der Waals surface area contributed by atoms with Crippen molar-refractivity contribution < 1.29 is 19.7 Å². The summed E-state index contributed by atoms with van der Waals surface area (Å²) >= 11 is 0. The second kappa shape index (κ2) is 5.36. The molecule has 0 radical (unpaired) electrons. The fourth-order valence-corrected chi connectivity index (χ4v) is 1.48. The van der Waals surface area contributed by atoms with Gasteiger partial charge in [0.05, 0.1) is 18.5 Å². The minimum Gasteiger partial charge on any atom is -0.477 e. The van der Waals surface area contributed by atoms with E-state index in [9.17, 15) is 4.79 Å². The number of anilines is 1. The van der Waals surface area contributed by atoms with Gasteiger partial charge < -0.3 is 20.7 Å². The first kappa shape index (κ1) is 12.8. The highest BCUT2D eigenvalue weighted by molar-refractivity contribution is 5.91. The van der Waals surface area contributed by atoms with Gasteiger partial charge in [-0.25, -0.2) is 9.78 Å². The molecule has 2 aromatic rings. The molecular formula is C13H12N2O4. The number of carbonyl (C=O) groups is 1. The van der Waals surface area contributed by atoms with Crippen LogP contribution in [-0.4, -0.2) is 21.2 Å². The third kappa shape index (κ3) is 2.99. The number of rotatable bonds is 4. The second-order valence-corrected chi connectivity index (χ2v) is 3.83. The van der Waals surface area contributed by atoms with Crippen molar-refractivity contribution >= 4 is 11.7 Å². The molecule has 0 amide bonds. The second-order valence-electron chi connectivity index (χ2n) is 3.83. The first-order chi connectivity index (χ1) is 9.10. The first-order valence-electron chi connectivity index (χ1n) is 5.46. The Hall–Kier alpha value is -2.60. The summed E-state index contributed by atoms with van der Waals surface area (Å²) in [6.45, 7) is -0.0687. The average Bonchev–Trinajstić information content (AvgIpc) is 2.41. The quantitative estimate of drug-likeness (QED) is 0.771. The summed E-state index contributed by atoms with van der Waals surface area (Å²) in [5.41, 5.74) is 6.36. The van der Waals surface area contributed by atoms with Crippen molar-refractivity contribution in [3.63, 3.8) is 0 Å². The number of ether oxygens (including phenoxy) is 1. The van der Waals surface area contributed by atoms with Crippen LogP contribution < -0.4 is 10.5 Å². The van der Waals surface area contributed by atoms with Gasteiger partial charge in [0.25, 0.3) is 0 Å². The summed E-state index contributed by atoms with van der Waals surface area (Å²) in [6.07, 6.45) is 1.32. The van der Waals surface area contributed by atoms with Crippen molar-refractivity contribution in [1.29, 1.82) is 0 Å². The third-order valence-corrected chi connectivity index (χ3v) is 2.42. The van der Waals surface area contributed by atoms with E-state index in [1.54, 1.807) is 24.3 Å². The Balaban J connectivity index is 2.29. The number of hydrogen-bond acceptors (Lipinski definition) is 5. The largest absolute Gasteiger partial charge is 0.477 e. The fraction of sp³-hybridized carbons (Fsp3) is 0.0769. The van der Waals surface area contributed by atoms with Crippen LogP contribution in [0.3, 0.4) is 0 Å². The number of aromatic nitrogens is 1. The molecule has 0 aliphatic carbocycles. The molecular weight excluding hydrogens is 248 g/mol. The Morgan fingerprint density at radius 1 is 1.32 bits per heavy atom. The Labute approximate surface area is 109 Å². The van der Waals surface area contributed by atoms with E-state index in [1.807, 2.05) is 0 Å². The van der Waals surface area contributed by atoms with Gasteiger partial charge in [-0.05, 0) is 23.8 Å². The van der Waals surface area contributed by atoms with Crippen molar-refractivity contribution in [2.75, 3.05) is 5.73 Å². The number of nitrogens with zero attached hydrogens (tertiary/aromatic N) is 1. The lowest BCUT2D eigenvalue weighted by Gasteiger charge is -2.08. The van der Waals surface area contributed by atoms with Gasteiger partial charge in [0.1, 0.15) is 11.3 Å². The van der Waals surface area contributed by atoms with Crippen LogP contribution in [-0.2, 0) is 6.61 Å². The van der Waals surface area contributed by atoms with E-state index in [4.69, 9.17) is 20.7 Å². The van der Waals surface area contributed by atoms with Crippen LogP contribution in [0.1, 0.15) is 15.9 Å². The molecule has 98 valence electrons. The lowest BCUT2D eigenvalue weighted by atomic mass is 10.2. The van der Waals surface area contributed by atoms with Crippen molar-refractivity contribution in [3.05, 3.63) is 47.7 Å². The Bertz CT molecular complexity index is 596. The molecule has 0 atom stereocenters. The molecule has 0 unspecified atom stereocenters. The van der Waals surface area contributed by atoms with Crippen molar-refractivity contribution in [3.8, 4) is 11.6 Å². The van der Waals surface area contributed by atoms with Crippen molar-refractivity contribution in [2.24, 2.45) is 0 Å². The molecule has 0 spiro atoms. The molecule has 1 aromatic heterocycles. The van der Waals surface area contributed by atoms with Crippen LogP contribution in [0, 0.1) is 0 Å². The van der Waals surface area contributed by atoms with Crippen LogP contribution in [0.2, 0.25) is 0 Å². The van der Waals surface area contributed by atoms with E-state index in [1.165, 1.54) is 12.3 Å². The van der Waals surface area contributed by atoms with E-state index < -0.39 is 5.97 Å². The normalized spacial score (nSPS) is 10.2. The number of benzene rings is 1. The predicted molar refractivity (Wildman–Crippen MR) is 68.0 cm³/mol. The van der Waals surface area contributed by atoms with Crippen molar-refractivity contribution in [1.82, 2.24) is 4.98 Å². The highest BCUT2D eigenvalue weighted by Crippen LogP contribution is 2.24. The molecule has 6 heteroatoms. The summed E-state index contributed by atoms with van der Waals surface area (Å²) in [5.74, 6) is -0.766. The Kier molecular flexibility index (Phi) is 3.63. The zero-order valence-corrected chi connectivity index (χ0v) is 9.91. The van der Waals surface area contributed by atoms with Crippen LogP contribution in [0.4, 0.5) is 5.69 Å². The van der Waals surface area contributed by atoms with Gasteiger partial charge in [-0.3, -0.25) is 0 Å². The SMILES string of the molecule is Nc1cnc(Oc2ccc(CO)cc2)c(C(=O)O)c1. The molecule has 4 N–H and O–H groups in total. The fourth-order valence-electron chi connectivity index (χ4n) is 1.48. The molecule has 0 bridgehead atoms. The number of aliphatic hydroxyl groups excluding tert-OH is 1. The van der Waals surface area contributed by atoms with E-state index in [0.29, 0.717) is 5.75 Å². The third-order valence-electron chi connectivity index (χ3n) is 2.42. The highest BCUT2D eigenvalue weighted by atomic mass is 16.5. The van der Waals surface area contributed by atoms with Crippen LogP contribution in [0.15, 0.2) is 36.5 Å². The number of aromatic carboxylic acids is 1. The molecule has 2 rings (SSSR count). The number of carboxylic acids is 1. The average molecular weight is 260 g/mol. The van der Waals surface area contributed by atoms with Gasteiger partial charge in [-0.2, -0.15) is 0 Å². The van der Waals surface area contributed by atoms with E-state index in [2.05, 4.69) is 4.98 Å². The van der Waals surface area contributed by atoms with Crippen LogP contribution >= 0.6 is 0 Å². The summed E-state index contributed by atoms with van der Waals surface area (Å²) in [6, 6.07) is 7.87. The molecule has 1 heterocycles. The number of pyridine rings is 1. The maximum atomic E-state index is 11.1. The van der Waals surface area contributed by atoms with Gasteiger partial charge >= 0.3 is 5.97 Å². The van der Waals surface area contributed by atoms with Crippen molar-refractivity contribution in [2.45, 2.75) is 6.61 Å². The maximum absolute atomic E-state index is 11.1. The maximum Gasteiger partial charge on any atom is 0.341 e. The first-order valence-corrected chi connectivity index (χ1v) is 5.46. The standard InChI is InChI=1S/C13H12N2O4/c14-9-5-11(13(17)18)12(15-6-9)19-10-3-1-8(7-16)2-4-10/h1-6,16H,7,14H2,(H,17,18). The van der Waals surface area contributed by atoms with Crippen LogP contribution in [0.25, 0.3) is 0 Å². The van der Waals surface area contributed by atoms with Gasteiger partial charge in [0.2, 0.25) is 5.88 Å². The minimum atomic E-state index is -1.17. The number of carboxylic acid groups (broad SMARTS) is 1. The molecule has 0 aliphatic rings. The summed E-state index contributed by atoms with van der Waals surface area (Å²) in [5, 5.41) is 18.0. The Morgan fingerprint density at radius 3 is 2.58 bits per heavy atom. The van der Waals surface area contributed by atoms with Gasteiger partial charge in [0, 0.05) is 0 Å². The molecule has 0 fully saturated rings. The highest BCUT2D eigenvalue weighted by Gasteiger charge is 2.14. The van der Waals surface area contributed by atoms with E-state index in [0.717, 1.165) is 5.56 Å². The number of aliphatic hydroxyl groups is 1. The molecule has 0 saturated carbocycles. The lowest BCUT2D eigenvalue weighted by molar-refractivity contribution is 0.0693. The van der Waals surface area contributed by atoms with Crippen LogP contribution in [0.5, 0.6) is 11.6 Å². The zero-order chi connectivity index (χ0) is 13.8. The number of hydrogen-bond donors (Lipinski definition) is 3. The minimum absolute atomic E-state index is 0.0292. The zero-order valence-electron chi connectivity index (χ0n) is 9.91. The monoisotopic (exact) mass is 260 g/mol. The van der Waals surface area contributed by atoms with Gasteiger partial charge in [0.15, 0.2) is 0 Å². The summed E-state index contributed by atoms with van der Waals surface area (Å²) in [7, 11) is 0. The molecule has 1 aromatic carbocycles. The predicted octanol–water partition coefficient (Wildman–Crippen LogP) is 1.65. The smallest absolute Gasteiger partial charge is 0.341 e. The van der Waals surface area contributed by atoms with E-state index in [-0.39, 0.29) is 23.7 Å². The lowest BCUT2D eigenvalue weighted by Crippen LogP contribution is -2.03.